The lowest BCUT2D eigenvalue weighted by atomic mass is 10.1. The second-order valence-corrected chi connectivity index (χ2v) is 4.28. The molecule has 2 rings (SSSR count). The van der Waals surface area contributed by atoms with Crippen molar-refractivity contribution >= 4 is 28.9 Å². The molecule has 0 aliphatic carbocycles. The van der Waals surface area contributed by atoms with E-state index in [-0.39, 0.29) is 10.7 Å². The average molecular weight is 302 g/mol. The lowest BCUT2D eigenvalue weighted by Crippen LogP contribution is -2.03. The van der Waals surface area contributed by atoms with Gasteiger partial charge in [0.05, 0.1) is 10.6 Å². The van der Waals surface area contributed by atoms with Gasteiger partial charge in [-0.3, -0.25) is 0 Å². The number of halogens is 4. The van der Waals surface area contributed by atoms with Gasteiger partial charge in [-0.05, 0) is 30.3 Å². The van der Waals surface area contributed by atoms with Gasteiger partial charge in [0.15, 0.2) is 11.6 Å². The van der Waals surface area contributed by atoms with Crippen LogP contribution in [0.4, 0.5) is 24.5 Å². The third-order valence-corrected chi connectivity index (χ3v) is 2.77. The first kappa shape index (κ1) is 14.2. The van der Waals surface area contributed by atoms with Crippen molar-refractivity contribution < 1.29 is 23.1 Å². The largest absolute Gasteiger partial charge is 0.478 e. The molecule has 0 aliphatic heterocycles. The molecule has 0 aromatic heterocycles. The van der Waals surface area contributed by atoms with E-state index in [2.05, 4.69) is 5.32 Å². The van der Waals surface area contributed by atoms with E-state index >= 15 is 0 Å². The number of carbonyl (C=O) groups is 1. The number of carboxylic acids is 1. The molecule has 2 aromatic rings. The van der Waals surface area contributed by atoms with Crippen molar-refractivity contribution in [2.24, 2.45) is 0 Å². The molecule has 0 saturated carbocycles. The molecular weight excluding hydrogens is 295 g/mol. The molecule has 0 saturated heterocycles. The number of hydrogen-bond acceptors (Lipinski definition) is 2. The van der Waals surface area contributed by atoms with Crippen LogP contribution in [0.2, 0.25) is 5.02 Å². The number of rotatable bonds is 3. The summed E-state index contributed by atoms with van der Waals surface area (Å²) in [6.07, 6.45) is 0. The molecule has 104 valence electrons. The van der Waals surface area contributed by atoms with Crippen molar-refractivity contribution in [1.82, 2.24) is 0 Å². The van der Waals surface area contributed by atoms with Crippen LogP contribution >= 0.6 is 11.6 Å². The molecule has 20 heavy (non-hydrogen) atoms. The first-order chi connectivity index (χ1) is 9.38. The molecule has 2 N–H and O–H groups in total. The van der Waals surface area contributed by atoms with Gasteiger partial charge < -0.3 is 10.4 Å². The Morgan fingerprint density at radius 3 is 2.15 bits per heavy atom. The van der Waals surface area contributed by atoms with E-state index in [9.17, 15) is 18.0 Å². The molecule has 0 unspecified atom stereocenters. The quantitative estimate of drug-likeness (QED) is 0.893. The maximum Gasteiger partial charge on any atom is 0.335 e. The summed E-state index contributed by atoms with van der Waals surface area (Å²) in [5.41, 5.74) is -0.891. The van der Waals surface area contributed by atoms with Gasteiger partial charge in [0, 0.05) is 5.69 Å². The van der Waals surface area contributed by atoms with Gasteiger partial charge in [0.1, 0.15) is 11.5 Å². The minimum Gasteiger partial charge on any atom is -0.478 e. The Bertz CT molecular complexity index is 668. The topological polar surface area (TPSA) is 49.3 Å². The normalized spacial score (nSPS) is 10.4. The van der Waals surface area contributed by atoms with E-state index in [0.717, 1.165) is 12.1 Å². The average Bonchev–Trinajstić information content (AvgIpc) is 2.37. The van der Waals surface area contributed by atoms with Crippen LogP contribution in [0.3, 0.4) is 0 Å². The fraction of sp³-hybridized carbons (Fsp3) is 0. The molecule has 0 heterocycles. The predicted molar refractivity (Wildman–Crippen MR) is 68.0 cm³/mol. The fourth-order valence-corrected chi connectivity index (χ4v) is 1.71. The van der Waals surface area contributed by atoms with Gasteiger partial charge in [-0.15, -0.1) is 0 Å². The summed E-state index contributed by atoms with van der Waals surface area (Å²) in [5.74, 6) is -4.27. The minimum absolute atomic E-state index is 0.164. The third-order valence-electron chi connectivity index (χ3n) is 2.48. The molecule has 0 fully saturated rings. The highest BCUT2D eigenvalue weighted by Crippen LogP contribution is 2.27. The molecule has 0 amide bonds. The van der Waals surface area contributed by atoms with Crippen molar-refractivity contribution in [1.29, 1.82) is 0 Å². The van der Waals surface area contributed by atoms with Crippen molar-refractivity contribution in [3.8, 4) is 0 Å². The van der Waals surface area contributed by atoms with Crippen LogP contribution in [-0.2, 0) is 0 Å². The first-order valence-electron chi connectivity index (χ1n) is 5.33. The van der Waals surface area contributed by atoms with Crippen molar-refractivity contribution in [2.75, 3.05) is 5.32 Å². The Hall–Kier alpha value is -2.21. The molecule has 7 heteroatoms. The minimum atomic E-state index is -1.45. The lowest BCUT2D eigenvalue weighted by molar-refractivity contribution is 0.0696. The SMILES string of the molecule is O=C(O)c1cc(F)c(Nc2ccc(F)c(Cl)c2)c(F)c1. The number of anilines is 2. The van der Waals surface area contributed by atoms with Crippen LogP contribution < -0.4 is 5.32 Å². The molecule has 0 radical (unpaired) electrons. The molecule has 0 aliphatic rings. The Labute approximate surface area is 116 Å². The number of benzene rings is 2. The van der Waals surface area contributed by atoms with Crippen LogP contribution in [0.1, 0.15) is 10.4 Å². The Balaban J connectivity index is 2.38. The van der Waals surface area contributed by atoms with Gasteiger partial charge in [0.25, 0.3) is 0 Å². The lowest BCUT2D eigenvalue weighted by Gasteiger charge is -2.10. The van der Waals surface area contributed by atoms with E-state index in [0.29, 0.717) is 12.1 Å². The molecule has 3 nitrogen and oxygen atoms in total. The van der Waals surface area contributed by atoms with Gasteiger partial charge in [-0.1, -0.05) is 11.6 Å². The van der Waals surface area contributed by atoms with Crippen LogP contribution in [0.25, 0.3) is 0 Å². The fourth-order valence-electron chi connectivity index (χ4n) is 1.53. The Kier molecular flexibility index (Phi) is 3.85. The molecule has 0 spiro atoms. The summed E-state index contributed by atoms with van der Waals surface area (Å²) in [4.78, 5) is 10.6. The second-order valence-electron chi connectivity index (χ2n) is 3.87. The highest BCUT2D eigenvalue weighted by atomic mass is 35.5. The summed E-state index contributed by atoms with van der Waals surface area (Å²) in [6, 6.07) is 4.79. The van der Waals surface area contributed by atoms with Crippen LogP contribution in [0, 0.1) is 17.5 Å². The third kappa shape index (κ3) is 2.85. The molecule has 2 aromatic carbocycles. The number of aromatic carboxylic acids is 1. The van der Waals surface area contributed by atoms with Crippen LogP contribution in [-0.4, -0.2) is 11.1 Å². The predicted octanol–water partition coefficient (Wildman–Crippen LogP) is 4.20. The van der Waals surface area contributed by atoms with Gasteiger partial charge in [-0.25, -0.2) is 18.0 Å². The van der Waals surface area contributed by atoms with E-state index in [1.807, 2.05) is 0 Å². The summed E-state index contributed by atoms with van der Waals surface area (Å²) in [7, 11) is 0. The monoisotopic (exact) mass is 301 g/mol. The van der Waals surface area contributed by atoms with Crippen LogP contribution in [0.15, 0.2) is 30.3 Å². The molecular formula is C13H7ClF3NO2. The van der Waals surface area contributed by atoms with E-state index < -0.39 is 34.7 Å². The van der Waals surface area contributed by atoms with Crippen molar-refractivity contribution in [3.05, 3.63) is 58.4 Å². The standard InChI is InChI=1S/C13H7ClF3NO2/c14-8-5-7(1-2-9(8)15)18-12-10(16)3-6(13(19)20)4-11(12)17/h1-5,18H,(H,19,20). The number of nitrogens with one attached hydrogen (secondary N) is 1. The Morgan fingerprint density at radius 2 is 1.65 bits per heavy atom. The van der Waals surface area contributed by atoms with Crippen molar-refractivity contribution in [3.63, 3.8) is 0 Å². The zero-order valence-corrected chi connectivity index (χ0v) is 10.5. The Morgan fingerprint density at radius 1 is 1.05 bits per heavy atom. The zero-order chi connectivity index (χ0) is 14.9. The van der Waals surface area contributed by atoms with Crippen molar-refractivity contribution in [2.45, 2.75) is 0 Å². The van der Waals surface area contributed by atoms with Crippen LogP contribution in [0.5, 0.6) is 0 Å². The first-order valence-corrected chi connectivity index (χ1v) is 5.70. The van der Waals surface area contributed by atoms with Gasteiger partial charge >= 0.3 is 5.97 Å². The zero-order valence-electron chi connectivity index (χ0n) is 9.75. The maximum absolute atomic E-state index is 13.7. The molecule has 0 bridgehead atoms. The summed E-state index contributed by atoms with van der Waals surface area (Å²) in [6.45, 7) is 0. The summed E-state index contributed by atoms with van der Waals surface area (Å²) >= 11 is 5.55. The second kappa shape index (κ2) is 5.42. The highest BCUT2D eigenvalue weighted by Gasteiger charge is 2.15. The van der Waals surface area contributed by atoms with E-state index in [1.54, 1.807) is 0 Å². The van der Waals surface area contributed by atoms with Gasteiger partial charge in [0.2, 0.25) is 0 Å². The summed E-state index contributed by atoms with van der Waals surface area (Å²) in [5, 5.41) is 10.8. The molecule has 0 atom stereocenters. The number of hydrogen-bond donors (Lipinski definition) is 2. The number of carboxylic acid groups (broad SMARTS) is 1. The van der Waals surface area contributed by atoms with Gasteiger partial charge in [-0.2, -0.15) is 0 Å². The smallest absolute Gasteiger partial charge is 0.335 e. The van der Waals surface area contributed by atoms with E-state index in [1.165, 1.54) is 6.07 Å². The summed E-state index contributed by atoms with van der Waals surface area (Å²) < 4.78 is 40.3. The maximum atomic E-state index is 13.7. The highest BCUT2D eigenvalue weighted by molar-refractivity contribution is 6.31. The van der Waals surface area contributed by atoms with E-state index in [4.69, 9.17) is 16.7 Å².